The van der Waals surface area contributed by atoms with E-state index in [9.17, 15) is 0 Å². The van der Waals surface area contributed by atoms with E-state index in [-0.39, 0.29) is 0 Å². The Labute approximate surface area is 69.5 Å². The molecule has 1 saturated heterocycles. The molecule has 0 aromatic heterocycles. The maximum atomic E-state index is 5.03. The first-order chi connectivity index (χ1) is 5.24. The molecule has 66 valence electrons. The van der Waals surface area contributed by atoms with Gasteiger partial charge in [-0.2, -0.15) is 0 Å². The molecule has 2 heteroatoms. The van der Waals surface area contributed by atoms with Gasteiger partial charge in [-0.25, -0.2) is 0 Å². The second-order valence-corrected chi connectivity index (χ2v) is 3.71. The monoisotopic (exact) mass is 157 g/mol. The maximum Gasteiger partial charge on any atom is 0.0589 e. The lowest BCUT2D eigenvalue weighted by atomic mass is 10.0. The van der Waals surface area contributed by atoms with Gasteiger partial charge < -0.3 is 9.64 Å². The molecule has 2 nitrogen and oxygen atoms in total. The highest BCUT2D eigenvalue weighted by Crippen LogP contribution is 2.21. The predicted molar refractivity (Wildman–Crippen MR) is 46.6 cm³/mol. The van der Waals surface area contributed by atoms with Crippen molar-refractivity contribution in [2.24, 2.45) is 11.8 Å². The summed E-state index contributed by atoms with van der Waals surface area (Å²) in [5, 5.41) is 0. The quantitative estimate of drug-likeness (QED) is 0.611. The van der Waals surface area contributed by atoms with Gasteiger partial charge in [0.2, 0.25) is 0 Å². The van der Waals surface area contributed by atoms with Crippen LogP contribution in [0.4, 0.5) is 0 Å². The molecular formula is C9H19NO. The molecule has 1 aliphatic heterocycles. The van der Waals surface area contributed by atoms with Crippen molar-refractivity contribution in [3.8, 4) is 0 Å². The summed E-state index contributed by atoms with van der Waals surface area (Å²) in [4.78, 5) is 2.48. The molecule has 0 bridgehead atoms. The smallest absolute Gasteiger partial charge is 0.0589 e. The number of hydrogen-bond acceptors (Lipinski definition) is 2. The molecule has 2 unspecified atom stereocenters. The number of rotatable bonds is 3. The third-order valence-corrected chi connectivity index (χ3v) is 2.68. The summed E-state index contributed by atoms with van der Waals surface area (Å²) in [5.74, 6) is 1.73. The van der Waals surface area contributed by atoms with E-state index in [1.165, 1.54) is 13.1 Å². The van der Waals surface area contributed by atoms with E-state index >= 15 is 0 Å². The lowest BCUT2D eigenvalue weighted by Crippen LogP contribution is -2.24. The Kier molecular flexibility index (Phi) is 3.34. The summed E-state index contributed by atoms with van der Waals surface area (Å²) in [6.07, 6.45) is 0. The van der Waals surface area contributed by atoms with Gasteiger partial charge in [0.15, 0.2) is 0 Å². The summed E-state index contributed by atoms with van der Waals surface area (Å²) >= 11 is 0. The molecule has 0 aromatic rings. The molecule has 1 fully saturated rings. The van der Waals surface area contributed by atoms with Crippen LogP contribution in [0.15, 0.2) is 0 Å². The Morgan fingerprint density at radius 1 is 1.27 bits per heavy atom. The van der Waals surface area contributed by atoms with Gasteiger partial charge in [0, 0.05) is 26.7 Å². The van der Waals surface area contributed by atoms with E-state index < -0.39 is 0 Å². The minimum atomic E-state index is 0.867. The Morgan fingerprint density at radius 3 is 2.27 bits per heavy atom. The summed E-state index contributed by atoms with van der Waals surface area (Å²) in [6, 6.07) is 0. The fraction of sp³-hybridized carbons (Fsp3) is 1.00. The van der Waals surface area contributed by atoms with Crippen LogP contribution in [0.3, 0.4) is 0 Å². The van der Waals surface area contributed by atoms with Crippen molar-refractivity contribution in [2.75, 3.05) is 33.4 Å². The molecule has 1 heterocycles. The average molecular weight is 157 g/mol. The average Bonchev–Trinajstić information content (AvgIpc) is 2.28. The first kappa shape index (κ1) is 9.01. The van der Waals surface area contributed by atoms with Crippen LogP contribution in [0.2, 0.25) is 0 Å². The molecule has 11 heavy (non-hydrogen) atoms. The third kappa shape index (κ3) is 2.46. The number of ether oxygens (including phenoxy) is 1. The van der Waals surface area contributed by atoms with E-state index in [2.05, 4.69) is 18.7 Å². The van der Waals surface area contributed by atoms with E-state index in [0.717, 1.165) is 25.0 Å². The molecule has 0 spiro atoms. The first-order valence-corrected chi connectivity index (χ1v) is 4.45. The number of likely N-dealkylation sites (tertiary alicyclic amines) is 1. The van der Waals surface area contributed by atoms with Crippen LogP contribution in [-0.4, -0.2) is 38.3 Å². The standard InChI is InChI=1S/C9H19NO/c1-8-6-10(4-5-11-3)7-9(8)2/h8-9H,4-7H2,1-3H3. The fourth-order valence-corrected chi connectivity index (χ4v) is 1.65. The second kappa shape index (κ2) is 4.07. The second-order valence-electron chi connectivity index (χ2n) is 3.71. The predicted octanol–water partition coefficient (Wildman–Crippen LogP) is 1.22. The summed E-state index contributed by atoms with van der Waals surface area (Å²) < 4.78 is 5.03. The van der Waals surface area contributed by atoms with Crippen molar-refractivity contribution in [3.05, 3.63) is 0 Å². The van der Waals surface area contributed by atoms with Crippen LogP contribution < -0.4 is 0 Å². The molecule has 1 aliphatic rings. The lowest BCUT2D eigenvalue weighted by Gasteiger charge is -2.13. The minimum absolute atomic E-state index is 0.867. The highest BCUT2D eigenvalue weighted by atomic mass is 16.5. The van der Waals surface area contributed by atoms with Crippen molar-refractivity contribution in [2.45, 2.75) is 13.8 Å². The zero-order valence-corrected chi connectivity index (χ0v) is 7.84. The van der Waals surface area contributed by atoms with Gasteiger partial charge in [-0.15, -0.1) is 0 Å². The van der Waals surface area contributed by atoms with Crippen LogP contribution in [0.1, 0.15) is 13.8 Å². The van der Waals surface area contributed by atoms with E-state index in [4.69, 9.17) is 4.74 Å². The maximum absolute atomic E-state index is 5.03. The van der Waals surface area contributed by atoms with Gasteiger partial charge in [-0.05, 0) is 11.8 Å². The molecule has 0 N–H and O–H groups in total. The van der Waals surface area contributed by atoms with Gasteiger partial charge in [0.05, 0.1) is 6.61 Å². The molecule has 0 radical (unpaired) electrons. The van der Waals surface area contributed by atoms with Crippen molar-refractivity contribution in [1.82, 2.24) is 4.90 Å². The Hall–Kier alpha value is -0.0800. The normalized spacial score (nSPS) is 33.0. The Bertz CT molecular complexity index is 106. The molecule has 1 rings (SSSR count). The zero-order chi connectivity index (χ0) is 8.27. The Morgan fingerprint density at radius 2 is 1.82 bits per heavy atom. The molecule has 0 aliphatic carbocycles. The minimum Gasteiger partial charge on any atom is -0.383 e. The lowest BCUT2D eigenvalue weighted by molar-refractivity contribution is 0.158. The van der Waals surface area contributed by atoms with Gasteiger partial charge in [-0.1, -0.05) is 13.8 Å². The molecule has 2 atom stereocenters. The topological polar surface area (TPSA) is 12.5 Å². The summed E-state index contributed by atoms with van der Waals surface area (Å²) in [5.41, 5.74) is 0. The van der Waals surface area contributed by atoms with E-state index in [0.29, 0.717) is 0 Å². The molecule has 0 saturated carbocycles. The van der Waals surface area contributed by atoms with Crippen LogP contribution in [0, 0.1) is 11.8 Å². The van der Waals surface area contributed by atoms with Crippen molar-refractivity contribution in [3.63, 3.8) is 0 Å². The van der Waals surface area contributed by atoms with Crippen LogP contribution >= 0.6 is 0 Å². The van der Waals surface area contributed by atoms with Crippen molar-refractivity contribution in [1.29, 1.82) is 0 Å². The van der Waals surface area contributed by atoms with Gasteiger partial charge in [0.25, 0.3) is 0 Å². The van der Waals surface area contributed by atoms with E-state index in [1.54, 1.807) is 7.11 Å². The molecular weight excluding hydrogens is 138 g/mol. The number of methoxy groups -OCH3 is 1. The SMILES string of the molecule is COCCN1CC(C)C(C)C1. The highest BCUT2D eigenvalue weighted by molar-refractivity contribution is 4.77. The Balaban J connectivity index is 2.18. The van der Waals surface area contributed by atoms with Crippen molar-refractivity contribution >= 4 is 0 Å². The van der Waals surface area contributed by atoms with Crippen LogP contribution in [0.5, 0.6) is 0 Å². The van der Waals surface area contributed by atoms with Crippen molar-refractivity contribution < 1.29 is 4.74 Å². The van der Waals surface area contributed by atoms with Gasteiger partial charge in [-0.3, -0.25) is 0 Å². The fourth-order valence-electron chi connectivity index (χ4n) is 1.65. The molecule has 0 aromatic carbocycles. The van der Waals surface area contributed by atoms with E-state index in [1.807, 2.05) is 0 Å². The van der Waals surface area contributed by atoms with Gasteiger partial charge >= 0.3 is 0 Å². The largest absolute Gasteiger partial charge is 0.383 e. The summed E-state index contributed by atoms with van der Waals surface area (Å²) in [6.45, 7) is 9.15. The van der Waals surface area contributed by atoms with Gasteiger partial charge in [0.1, 0.15) is 0 Å². The zero-order valence-electron chi connectivity index (χ0n) is 7.84. The third-order valence-electron chi connectivity index (χ3n) is 2.68. The number of hydrogen-bond donors (Lipinski definition) is 0. The highest BCUT2D eigenvalue weighted by Gasteiger charge is 2.24. The summed E-state index contributed by atoms with van der Waals surface area (Å²) in [7, 11) is 1.77. The first-order valence-electron chi connectivity index (χ1n) is 4.45. The van der Waals surface area contributed by atoms with Crippen LogP contribution in [-0.2, 0) is 4.74 Å². The molecule has 0 amide bonds. The van der Waals surface area contributed by atoms with Crippen LogP contribution in [0.25, 0.3) is 0 Å². The number of nitrogens with zero attached hydrogens (tertiary/aromatic N) is 1.